The molecule has 0 saturated carbocycles. The number of carbonyl (C=O) groups excluding carboxylic acids is 1. The minimum Gasteiger partial charge on any atom is -0.342 e. The zero-order chi connectivity index (χ0) is 12.8. The number of piperidine rings is 1. The summed E-state index contributed by atoms with van der Waals surface area (Å²) in [5.41, 5.74) is 6.61. The lowest BCUT2D eigenvalue weighted by Gasteiger charge is -2.32. The smallest absolute Gasteiger partial charge is 0.226 e. The molecule has 1 amide bonds. The normalized spacial score (nSPS) is 16.8. The Morgan fingerprint density at radius 2 is 2.00 bits per heavy atom. The first-order chi connectivity index (χ1) is 8.79. The number of carbonyl (C=O) groups is 1. The molecular formula is C14H21N3O. The Morgan fingerprint density at radius 1 is 1.33 bits per heavy atom. The monoisotopic (exact) mass is 247 g/mol. The van der Waals surface area contributed by atoms with Gasteiger partial charge in [0.2, 0.25) is 5.91 Å². The van der Waals surface area contributed by atoms with Crippen molar-refractivity contribution >= 4 is 5.91 Å². The van der Waals surface area contributed by atoms with Crippen LogP contribution in [0.5, 0.6) is 0 Å². The number of aromatic nitrogens is 1. The Bertz CT molecular complexity index is 372. The number of pyridine rings is 1. The van der Waals surface area contributed by atoms with Crippen LogP contribution in [0.3, 0.4) is 0 Å². The summed E-state index contributed by atoms with van der Waals surface area (Å²) in [6, 6.07) is 3.80. The third kappa shape index (κ3) is 3.53. The van der Waals surface area contributed by atoms with Crippen LogP contribution in [0.4, 0.5) is 0 Å². The largest absolute Gasteiger partial charge is 0.342 e. The maximum Gasteiger partial charge on any atom is 0.226 e. The van der Waals surface area contributed by atoms with E-state index in [1.807, 2.05) is 17.0 Å². The summed E-state index contributed by atoms with van der Waals surface area (Å²) in [7, 11) is 0. The van der Waals surface area contributed by atoms with Crippen LogP contribution in [0.1, 0.15) is 24.8 Å². The van der Waals surface area contributed by atoms with E-state index in [2.05, 4.69) is 4.98 Å². The van der Waals surface area contributed by atoms with Gasteiger partial charge in [0.25, 0.3) is 0 Å². The van der Waals surface area contributed by atoms with E-state index in [0.717, 1.165) is 44.5 Å². The first kappa shape index (κ1) is 13.0. The fraction of sp³-hybridized carbons (Fsp3) is 0.571. The summed E-state index contributed by atoms with van der Waals surface area (Å²) >= 11 is 0. The molecule has 98 valence electrons. The predicted octanol–water partition coefficient (Wildman–Crippen LogP) is 1.21. The molecule has 0 bridgehead atoms. The van der Waals surface area contributed by atoms with Gasteiger partial charge in [-0.15, -0.1) is 0 Å². The minimum absolute atomic E-state index is 0.229. The van der Waals surface area contributed by atoms with E-state index >= 15 is 0 Å². The van der Waals surface area contributed by atoms with Crippen LogP contribution >= 0.6 is 0 Å². The molecule has 18 heavy (non-hydrogen) atoms. The first-order valence-electron chi connectivity index (χ1n) is 6.66. The van der Waals surface area contributed by atoms with Gasteiger partial charge in [-0.1, -0.05) is 0 Å². The van der Waals surface area contributed by atoms with Crippen LogP contribution in [0.2, 0.25) is 0 Å². The van der Waals surface area contributed by atoms with Crippen molar-refractivity contribution in [3.8, 4) is 0 Å². The summed E-state index contributed by atoms with van der Waals surface area (Å²) in [6.45, 7) is 2.53. The van der Waals surface area contributed by atoms with Gasteiger partial charge in [0.1, 0.15) is 0 Å². The van der Waals surface area contributed by atoms with Crippen LogP contribution in [0.25, 0.3) is 0 Å². The Morgan fingerprint density at radius 3 is 2.61 bits per heavy atom. The SMILES string of the molecule is NCCC1CCN(C(=O)Cc2ccncc2)CC1. The van der Waals surface area contributed by atoms with Gasteiger partial charge in [-0.25, -0.2) is 0 Å². The fourth-order valence-electron chi connectivity index (χ4n) is 2.49. The molecule has 0 aromatic carbocycles. The van der Waals surface area contributed by atoms with Crippen LogP contribution in [-0.4, -0.2) is 35.4 Å². The maximum absolute atomic E-state index is 12.1. The molecule has 1 aliphatic rings. The number of rotatable bonds is 4. The molecule has 0 atom stereocenters. The zero-order valence-electron chi connectivity index (χ0n) is 10.7. The standard InChI is InChI=1S/C14H21N3O/c15-6-1-12-4-9-17(10-5-12)14(18)11-13-2-7-16-8-3-13/h2-3,7-8,12H,1,4-6,9-11,15H2. The van der Waals surface area contributed by atoms with Crippen LogP contribution in [0.15, 0.2) is 24.5 Å². The van der Waals surface area contributed by atoms with Gasteiger partial charge in [0, 0.05) is 25.5 Å². The number of likely N-dealkylation sites (tertiary alicyclic amines) is 1. The third-order valence-electron chi connectivity index (χ3n) is 3.65. The molecule has 1 saturated heterocycles. The van der Waals surface area contributed by atoms with Crippen LogP contribution in [-0.2, 0) is 11.2 Å². The summed E-state index contributed by atoms with van der Waals surface area (Å²) in [6.07, 6.45) is 7.24. The lowest BCUT2D eigenvalue weighted by atomic mass is 9.93. The quantitative estimate of drug-likeness (QED) is 0.870. The van der Waals surface area contributed by atoms with Gasteiger partial charge >= 0.3 is 0 Å². The van der Waals surface area contributed by atoms with Gasteiger partial charge < -0.3 is 10.6 Å². The Labute approximate surface area is 108 Å². The Hall–Kier alpha value is -1.42. The van der Waals surface area contributed by atoms with Gasteiger partial charge in [-0.2, -0.15) is 0 Å². The van der Waals surface area contributed by atoms with Gasteiger partial charge in [0.05, 0.1) is 6.42 Å². The fourth-order valence-corrected chi connectivity index (χ4v) is 2.49. The summed E-state index contributed by atoms with van der Waals surface area (Å²) in [5, 5.41) is 0. The molecule has 1 aromatic rings. The van der Waals surface area contributed by atoms with Crippen LogP contribution < -0.4 is 5.73 Å². The third-order valence-corrected chi connectivity index (χ3v) is 3.65. The van der Waals surface area contributed by atoms with Gasteiger partial charge in [-0.05, 0) is 49.4 Å². The molecular weight excluding hydrogens is 226 g/mol. The highest BCUT2D eigenvalue weighted by Gasteiger charge is 2.22. The molecule has 0 unspecified atom stereocenters. The summed E-state index contributed by atoms with van der Waals surface area (Å²) < 4.78 is 0. The molecule has 1 aromatic heterocycles. The van der Waals surface area contributed by atoms with Crippen molar-refractivity contribution in [2.45, 2.75) is 25.7 Å². The second-order valence-corrected chi connectivity index (χ2v) is 4.93. The molecule has 0 aliphatic carbocycles. The Kier molecular flexibility index (Phi) is 4.70. The highest BCUT2D eigenvalue weighted by Crippen LogP contribution is 2.20. The number of amides is 1. The Balaban J connectivity index is 1.81. The van der Waals surface area contributed by atoms with E-state index < -0.39 is 0 Å². The van der Waals surface area contributed by atoms with Crippen molar-refractivity contribution in [3.05, 3.63) is 30.1 Å². The van der Waals surface area contributed by atoms with E-state index in [1.54, 1.807) is 12.4 Å². The first-order valence-corrected chi connectivity index (χ1v) is 6.66. The highest BCUT2D eigenvalue weighted by molar-refractivity contribution is 5.78. The van der Waals surface area contributed by atoms with Gasteiger partial charge in [0.15, 0.2) is 0 Å². The number of hydrogen-bond acceptors (Lipinski definition) is 3. The van der Waals surface area contributed by atoms with Crippen LogP contribution in [0, 0.1) is 5.92 Å². The maximum atomic E-state index is 12.1. The van der Waals surface area contributed by atoms with Crippen molar-refractivity contribution in [2.75, 3.05) is 19.6 Å². The molecule has 2 heterocycles. The van der Waals surface area contributed by atoms with E-state index in [0.29, 0.717) is 12.3 Å². The number of nitrogens with zero attached hydrogens (tertiary/aromatic N) is 2. The number of nitrogens with two attached hydrogens (primary N) is 1. The van der Waals surface area contributed by atoms with Crippen molar-refractivity contribution in [1.29, 1.82) is 0 Å². The zero-order valence-corrected chi connectivity index (χ0v) is 10.7. The van der Waals surface area contributed by atoms with Crippen molar-refractivity contribution < 1.29 is 4.79 Å². The molecule has 4 nitrogen and oxygen atoms in total. The minimum atomic E-state index is 0.229. The highest BCUT2D eigenvalue weighted by atomic mass is 16.2. The van der Waals surface area contributed by atoms with E-state index in [1.165, 1.54) is 0 Å². The molecule has 0 radical (unpaired) electrons. The lowest BCUT2D eigenvalue weighted by molar-refractivity contribution is -0.131. The summed E-state index contributed by atoms with van der Waals surface area (Å²) in [5.74, 6) is 0.937. The topological polar surface area (TPSA) is 59.2 Å². The predicted molar refractivity (Wildman–Crippen MR) is 70.9 cm³/mol. The van der Waals surface area contributed by atoms with Gasteiger partial charge in [-0.3, -0.25) is 9.78 Å². The average molecular weight is 247 g/mol. The van der Waals surface area contributed by atoms with E-state index in [4.69, 9.17) is 5.73 Å². The molecule has 0 spiro atoms. The molecule has 1 aliphatic heterocycles. The number of hydrogen-bond donors (Lipinski definition) is 1. The molecule has 2 rings (SSSR count). The lowest BCUT2D eigenvalue weighted by Crippen LogP contribution is -2.39. The molecule has 2 N–H and O–H groups in total. The summed E-state index contributed by atoms with van der Waals surface area (Å²) in [4.78, 5) is 18.1. The second kappa shape index (κ2) is 6.50. The molecule has 1 fully saturated rings. The van der Waals surface area contributed by atoms with Crippen molar-refractivity contribution in [1.82, 2.24) is 9.88 Å². The van der Waals surface area contributed by atoms with Crippen molar-refractivity contribution in [2.24, 2.45) is 11.7 Å². The van der Waals surface area contributed by atoms with E-state index in [9.17, 15) is 4.79 Å². The van der Waals surface area contributed by atoms with E-state index in [-0.39, 0.29) is 5.91 Å². The average Bonchev–Trinajstić information content (AvgIpc) is 2.41. The van der Waals surface area contributed by atoms with Crippen molar-refractivity contribution in [3.63, 3.8) is 0 Å². The second-order valence-electron chi connectivity index (χ2n) is 4.93. The molecule has 4 heteroatoms.